The SMILES string of the molecule is COc1c(C)c(OCC=C(C)C)cc2c1CN(CCO)C2=O. The molecule has 1 amide bonds. The maximum atomic E-state index is 12.4. The molecule has 1 aromatic rings. The fourth-order valence-corrected chi connectivity index (χ4v) is 2.59. The number of carbonyl (C=O) groups is 1. The average Bonchev–Trinajstić information content (AvgIpc) is 2.76. The van der Waals surface area contributed by atoms with E-state index in [9.17, 15) is 4.79 Å². The van der Waals surface area contributed by atoms with Crippen LogP contribution in [-0.2, 0) is 6.54 Å². The number of aliphatic hydroxyl groups excluding tert-OH is 1. The fraction of sp³-hybridized carbons (Fsp3) is 0.471. The van der Waals surface area contributed by atoms with Crippen LogP contribution in [0.2, 0.25) is 0 Å². The molecule has 1 heterocycles. The molecule has 0 spiro atoms. The molecule has 0 unspecified atom stereocenters. The summed E-state index contributed by atoms with van der Waals surface area (Å²) in [6.07, 6.45) is 1.99. The number of hydrogen-bond acceptors (Lipinski definition) is 4. The van der Waals surface area contributed by atoms with Crippen molar-refractivity contribution in [1.82, 2.24) is 4.90 Å². The van der Waals surface area contributed by atoms with Crippen molar-refractivity contribution in [2.45, 2.75) is 27.3 Å². The maximum Gasteiger partial charge on any atom is 0.254 e. The molecule has 5 heteroatoms. The van der Waals surface area contributed by atoms with E-state index in [4.69, 9.17) is 14.6 Å². The van der Waals surface area contributed by atoms with Crippen molar-refractivity contribution in [2.75, 3.05) is 26.9 Å². The number of aliphatic hydroxyl groups is 1. The number of amides is 1. The molecule has 0 aromatic heterocycles. The zero-order valence-electron chi connectivity index (χ0n) is 13.6. The van der Waals surface area contributed by atoms with Crippen molar-refractivity contribution >= 4 is 5.91 Å². The van der Waals surface area contributed by atoms with Gasteiger partial charge in [-0.25, -0.2) is 0 Å². The fourth-order valence-electron chi connectivity index (χ4n) is 2.59. The monoisotopic (exact) mass is 305 g/mol. The first-order chi connectivity index (χ1) is 10.5. The number of β-amino-alcohol motifs (C(OH)–C–C–N with tert-alkyl or cyclic N) is 1. The summed E-state index contributed by atoms with van der Waals surface area (Å²) >= 11 is 0. The molecule has 1 aromatic carbocycles. The van der Waals surface area contributed by atoms with Gasteiger partial charge in [0.05, 0.1) is 25.8 Å². The minimum atomic E-state index is -0.0885. The highest BCUT2D eigenvalue weighted by atomic mass is 16.5. The Kier molecular flexibility index (Phi) is 5.08. The molecule has 0 saturated heterocycles. The number of rotatable bonds is 6. The first kappa shape index (κ1) is 16.4. The topological polar surface area (TPSA) is 59.0 Å². The number of methoxy groups -OCH3 is 1. The second-order valence-electron chi connectivity index (χ2n) is 5.60. The van der Waals surface area contributed by atoms with Gasteiger partial charge >= 0.3 is 0 Å². The van der Waals surface area contributed by atoms with Crippen LogP contribution in [0.25, 0.3) is 0 Å². The van der Waals surface area contributed by atoms with E-state index in [0.29, 0.717) is 36.8 Å². The number of allylic oxidation sites excluding steroid dienone is 1. The lowest BCUT2D eigenvalue weighted by Crippen LogP contribution is -2.26. The highest BCUT2D eigenvalue weighted by molar-refractivity contribution is 6.00. The van der Waals surface area contributed by atoms with E-state index in [1.165, 1.54) is 5.57 Å². The predicted octanol–water partition coefficient (Wildman–Crippen LogP) is 2.30. The molecule has 5 nitrogen and oxygen atoms in total. The molecule has 2 rings (SSSR count). The van der Waals surface area contributed by atoms with Crippen molar-refractivity contribution in [1.29, 1.82) is 0 Å². The third kappa shape index (κ3) is 3.09. The van der Waals surface area contributed by atoms with Gasteiger partial charge in [-0.15, -0.1) is 0 Å². The van der Waals surface area contributed by atoms with Crippen LogP contribution in [0.4, 0.5) is 0 Å². The van der Waals surface area contributed by atoms with E-state index in [1.54, 1.807) is 18.1 Å². The minimum absolute atomic E-state index is 0.0506. The molecular formula is C17H23NO4. The molecule has 1 aliphatic heterocycles. The van der Waals surface area contributed by atoms with Gasteiger partial charge in [-0.3, -0.25) is 4.79 Å². The number of fused-ring (bicyclic) bond motifs is 1. The van der Waals surface area contributed by atoms with Gasteiger partial charge in [0.1, 0.15) is 18.1 Å². The van der Waals surface area contributed by atoms with Crippen LogP contribution >= 0.6 is 0 Å². The summed E-state index contributed by atoms with van der Waals surface area (Å²) in [6, 6.07) is 1.78. The quantitative estimate of drug-likeness (QED) is 0.819. The Bertz CT molecular complexity index is 603. The molecular weight excluding hydrogens is 282 g/mol. The Morgan fingerprint density at radius 3 is 2.77 bits per heavy atom. The van der Waals surface area contributed by atoms with Gasteiger partial charge in [0, 0.05) is 17.7 Å². The molecule has 0 atom stereocenters. The van der Waals surface area contributed by atoms with Crippen molar-refractivity contribution in [2.24, 2.45) is 0 Å². The second-order valence-corrected chi connectivity index (χ2v) is 5.60. The van der Waals surface area contributed by atoms with E-state index in [-0.39, 0.29) is 12.5 Å². The lowest BCUT2D eigenvalue weighted by Gasteiger charge is -2.15. The number of carbonyl (C=O) groups excluding carboxylic acids is 1. The van der Waals surface area contributed by atoms with Gasteiger partial charge in [-0.2, -0.15) is 0 Å². The number of hydrogen-bond donors (Lipinski definition) is 1. The molecule has 0 radical (unpaired) electrons. The van der Waals surface area contributed by atoms with Gasteiger partial charge in [-0.1, -0.05) is 5.57 Å². The Hall–Kier alpha value is -2.01. The third-order valence-corrected chi connectivity index (χ3v) is 3.76. The standard InChI is InChI=1S/C17H23NO4/c1-11(2)5-8-22-15-9-13-14(16(21-4)12(15)3)10-18(6-7-19)17(13)20/h5,9,19H,6-8,10H2,1-4H3. The van der Waals surface area contributed by atoms with Gasteiger partial charge in [0.15, 0.2) is 0 Å². The molecule has 1 aliphatic rings. The molecule has 0 aliphatic carbocycles. The van der Waals surface area contributed by atoms with Gasteiger partial charge in [-0.05, 0) is 32.9 Å². The van der Waals surface area contributed by atoms with E-state index in [1.807, 2.05) is 26.8 Å². The first-order valence-electron chi connectivity index (χ1n) is 7.36. The molecule has 22 heavy (non-hydrogen) atoms. The van der Waals surface area contributed by atoms with Crippen LogP contribution in [0, 0.1) is 6.92 Å². The first-order valence-corrected chi connectivity index (χ1v) is 7.36. The van der Waals surface area contributed by atoms with Crippen molar-refractivity contribution in [3.8, 4) is 11.5 Å². The highest BCUT2D eigenvalue weighted by Crippen LogP contribution is 2.39. The van der Waals surface area contributed by atoms with Crippen molar-refractivity contribution < 1.29 is 19.4 Å². The highest BCUT2D eigenvalue weighted by Gasteiger charge is 2.32. The second kappa shape index (κ2) is 6.83. The van der Waals surface area contributed by atoms with E-state index in [2.05, 4.69) is 0 Å². The van der Waals surface area contributed by atoms with Gasteiger partial charge in [0.2, 0.25) is 0 Å². The molecule has 1 N–H and O–H groups in total. The summed E-state index contributed by atoms with van der Waals surface area (Å²) < 4.78 is 11.3. The third-order valence-electron chi connectivity index (χ3n) is 3.76. The summed E-state index contributed by atoms with van der Waals surface area (Å²) in [6.45, 7) is 7.14. The molecule has 120 valence electrons. The smallest absolute Gasteiger partial charge is 0.254 e. The van der Waals surface area contributed by atoms with E-state index >= 15 is 0 Å². The van der Waals surface area contributed by atoms with Crippen LogP contribution in [0.1, 0.15) is 35.3 Å². The summed E-state index contributed by atoms with van der Waals surface area (Å²) in [5, 5.41) is 9.07. The lowest BCUT2D eigenvalue weighted by atomic mass is 10.0. The van der Waals surface area contributed by atoms with Crippen LogP contribution in [-0.4, -0.2) is 42.8 Å². The molecule has 0 saturated carbocycles. The van der Waals surface area contributed by atoms with Crippen LogP contribution in [0.3, 0.4) is 0 Å². The van der Waals surface area contributed by atoms with Gasteiger partial charge < -0.3 is 19.5 Å². The van der Waals surface area contributed by atoms with Gasteiger partial charge in [0.25, 0.3) is 5.91 Å². The average molecular weight is 305 g/mol. The number of ether oxygens (including phenoxy) is 2. The maximum absolute atomic E-state index is 12.4. The zero-order valence-corrected chi connectivity index (χ0v) is 13.6. The van der Waals surface area contributed by atoms with Crippen molar-refractivity contribution in [3.63, 3.8) is 0 Å². The number of nitrogens with zero attached hydrogens (tertiary/aromatic N) is 1. The lowest BCUT2D eigenvalue weighted by molar-refractivity contribution is 0.0745. The minimum Gasteiger partial charge on any atom is -0.496 e. The van der Waals surface area contributed by atoms with Crippen LogP contribution in [0.5, 0.6) is 11.5 Å². The summed E-state index contributed by atoms with van der Waals surface area (Å²) in [5.74, 6) is 1.26. The Balaban J connectivity index is 2.36. The van der Waals surface area contributed by atoms with E-state index in [0.717, 1.165) is 11.1 Å². The van der Waals surface area contributed by atoms with Crippen molar-refractivity contribution in [3.05, 3.63) is 34.4 Å². The molecule has 0 bridgehead atoms. The van der Waals surface area contributed by atoms with E-state index < -0.39 is 0 Å². The number of benzene rings is 1. The predicted molar refractivity (Wildman–Crippen MR) is 84.5 cm³/mol. The van der Waals surface area contributed by atoms with Crippen LogP contribution in [0.15, 0.2) is 17.7 Å². The zero-order chi connectivity index (χ0) is 16.3. The summed E-state index contributed by atoms with van der Waals surface area (Å²) in [5.41, 5.74) is 3.54. The molecule has 0 fully saturated rings. The Morgan fingerprint density at radius 1 is 1.45 bits per heavy atom. The Labute approximate surface area is 131 Å². The summed E-state index contributed by atoms with van der Waals surface area (Å²) in [7, 11) is 1.60. The van der Waals surface area contributed by atoms with Crippen LogP contribution < -0.4 is 9.47 Å². The largest absolute Gasteiger partial charge is 0.496 e. The Morgan fingerprint density at radius 2 is 2.18 bits per heavy atom. The summed E-state index contributed by atoms with van der Waals surface area (Å²) in [4.78, 5) is 14.0. The normalized spacial score (nSPS) is 13.1.